The Balaban J connectivity index is 1.02. The van der Waals surface area contributed by atoms with Crippen LogP contribution in [0.4, 0.5) is 11.4 Å². The van der Waals surface area contributed by atoms with Crippen molar-refractivity contribution in [2.24, 2.45) is 5.92 Å². The lowest BCUT2D eigenvalue weighted by atomic mass is 9.76. The van der Waals surface area contributed by atoms with Crippen LogP contribution in [0.15, 0.2) is 241 Å². The summed E-state index contributed by atoms with van der Waals surface area (Å²) in [6, 6.07) is 65.1. The molecular formula is C66H42N4O4. The van der Waals surface area contributed by atoms with Crippen molar-refractivity contribution >= 4 is 83.5 Å². The van der Waals surface area contributed by atoms with E-state index in [1.54, 1.807) is 12.1 Å². The van der Waals surface area contributed by atoms with Crippen molar-refractivity contribution in [1.82, 2.24) is 9.13 Å². The molecular weight excluding hydrogens is 913 g/mol. The lowest BCUT2D eigenvalue weighted by Gasteiger charge is -2.40. The summed E-state index contributed by atoms with van der Waals surface area (Å²) in [5.41, 5.74) is 14.2. The van der Waals surface area contributed by atoms with E-state index in [0.717, 1.165) is 100 Å². The normalized spacial score (nSPS) is 17.1. The Kier molecular flexibility index (Phi) is 9.06. The van der Waals surface area contributed by atoms with Crippen LogP contribution in [0.5, 0.6) is 0 Å². The van der Waals surface area contributed by atoms with Crippen LogP contribution in [0.2, 0.25) is 0 Å². The van der Waals surface area contributed by atoms with Gasteiger partial charge < -0.3 is 14.2 Å². The fourth-order valence-corrected chi connectivity index (χ4v) is 12.5. The van der Waals surface area contributed by atoms with Gasteiger partial charge in [-0.15, -0.1) is 0 Å². The molecule has 4 heterocycles. The molecule has 2 aliphatic carbocycles. The summed E-state index contributed by atoms with van der Waals surface area (Å²) in [6.07, 6.45) is 9.64. The summed E-state index contributed by atoms with van der Waals surface area (Å²) in [5.74, 6) is -0.868. The van der Waals surface area contributed by atoms with E-state index in [0.29, 0.717) is 33.5 Å². The lowest BCUT2D eigenvalue weighted by molar-refractivity contribution is -0.116. The smallest absolute Gasteiger partial charge is 0.265 e. The van der Waals surface area contributed by atoms with Gasteiger partial charge in [-0.25, -0.2) is 4.90 Å². The van der Waals surface area contributed by atoms with Crippen LogP contribution in [-0.2, 0) is 4.79 Å². The van der Waals surface area contributed by atoms with Gasteiger partial charge in [0.25, 0.3) is 17.7 Å². The van der Waals surface area contributed by atoms with Crippen molar-refractivity contribution in [2.75, 3.05) is 9.80 Å². The van der Waals surface area contributed by atoms with Crippen LogP contribution < -0.4 is 9.80 Å². The fourth-order valence-electron chi connectivity index (χ4n) is 12.5. The number of imide groups is 1. The molecule has 2 unspecified atom stereocenters. The SMILES string of the molecule is O=C1c2cccc3cccc(c23)C(=O)N1c1ccc(-c2c3c4ccccc4n(-c4ccccc4)c3c(-c3ccc(N4C(=O)C5=C6C(=CC=CC6CC=C5)C4O)cc3)c3c4ccccc4n(-c4ccccc4)c23)cc1. The number of rotatable bonds is 6. The number of benzene rings is 9. The second-order valence-electron chi connectivity index (χ2n) is 19.4. The third-order valence-electron chi connectivity index (χ3n) is 15.6. The second-order valence-corrected chi connectivity index (χ2v) is 19.4. The zero-order valence-corrected chi connectivity index (χ0v) is 39.7. The summed E-state index contributed by atoms with van der Waals surface area (Å²) >= 11 is 0. The van der Waals surface area contributed by atoms with Gasteiger partial charge in [-0.1, -0.05) is 152 Å². The Labute approximate surface area is 424 Å². The van der Waals surface area contributed by atoms with Gasteiger partial charge in [-0.05, 0) is 101 Å². The lowest BCUT2D eigenvalue weighted by Crippen LogP contribution is -2.48. The predicted molar refractivity (Wildman–Crippen MR) is 296 cm³/mol. The number of anilines is 2. The number of hydrogen-bond acceptors (Lipinski definition) is 4. The van der Waals surface area contributed by atoms with Gasteiger partial charge >= 0.3 is 0 Å². The molecule has 2 atom stereocenters. The zero-order valence-electron chi connectivity index (χ0n) is 39.7. The molecule has 2 aliphatic heterocycles. The van der Waals surface area contributed by atoms with E-state index in [1.807, 2.05) is 91.0 Å². The van der Waals surface area contributed by atoms with Gasteiger partial charge in [0.1, 0.15) is 0 Å². The van der Waals surface area contributed by atoms with E-state index in [1.165, 1.54) is 9.80 Å². The highest BCUT2D eigenvalue weighted by Gasteiger charge is 2.41. The number of allylic oxidation sites excluding steroid dienone is 4. The monoisotopic (exact) mass is 954 g/mol. The Morgan fingerprint density at radius 1 is 0.473 bits per heavy atom. The molecule has 8 heteroatoms. The summed E-state index contributed by atoms with van der Waals surface area (Å²) in [4.78, 5) is 46.0. The highest BCUT2D eigenvalue weighted by molar-refractivity contribution is 6.36. The van der Waals surface area contributed by atoms with Crippen LogP contribution in [-0.4, -0.2) is 38.2 Å². The molecule has 8 nitrogen and oxygen atoms in total. The van der Waals surface area contributed by atoms with E-state index in [4.69, 9.17) is 0 Å². The number of hydrogen-bond donors (Lipinski definition) is 1. The molecule has 11 aromatic rings. The van der Waals surface area contributed by atoms with Crippen molar-refractivity contribution in [1.29, 1.82) is 0 Å². The molecule has 0 spiro atoms. The summed E-state index contributed by atoms with van der Waals surface area (Å²) < 4.78 is 4.73. The highest BCUT2D eigenvalue weighted by atomic mass is 16.3. The van der Waals surface area contributed by atoms with Gasteiger partial charge in [0.2, 0.25) is 0 Å². The maximum Gasteiger partial charge on any atom is 0.265 e. The van der Waals surface area contributed by atoms with E-state index in [-0.39, 0.29) is 23.6 Å². The van der Waals surface area contributed by atoms with E-state index in [2.05, 4.69) is 130 Å². The molecule has 350 valence electrons. The Morgan fingerprint density at radius 2 is 0.986 bits per heavy atom. The number of carbonyl (C=O) groups excluding carboxylic acids is 3. The van der Waals surface area contributed by atoms with Crippen molar-refractivity contribution < 1.29 is 19.5 Å². The molecule has 2 aromatic heterocycles. The first kappa shape index (κ1) is 42.1. The maximum atomic E-state index is 14.5. The van der Waals surface area contributed by atoms with Gasteiger partial charge in [0, 0.05) is 83.3 Å². The quantitative estimate of drug-likeness (QED) is 0.168. The van der Waals surface area contributed by atoms with Gasteiger partial charge in [-0.3, -0.25) is 19.3 Å². The summed E-state index contributed by atoms with van der Waals surface area (Å²) in [5, 5.41) is 17.7. The number of para-hydroxylation sites is 4. The molecule has 3 amide bonds. The minimum absolute atomic E-state index is 0.0651. The largest absolute Gasteiger partial charge is 0.369 e. The van der Waals surface area contributed by atoms with Crippen LogP contribution in [0.25, 0.3) is 88.0 Å². The number of fused-ring (bicyclic) bond motifs is 6. The average Bonchev–Trinajstić information content (AvgIpc) is 3.98. The molecule has 0 bridgehead atoms. The highest BCUT2D eigenvalue weighted by Crippen LogP contribution is 2.53. The zero-order chi connectivity index (χ0) is 49.3. The number of carbonyl (C=O) groups is 3. The molecule has 0 saturated heterocycles. The average molecular weight is 955 g/mol. The standard InChI is InChI=1S/C66H42N4O4/c71-63-49-25-11-15-39-16-12-26-50(55(39)49)64(72)69(63)45-35-31-41(32-36-45)57-60-48-24-8-10-30-54(48)68(44-21-5-2-6-22-44)62(60)58(59-47-23-7-9-29-53(47)67(61(57)59)43-19-3-1-4-20-43)42-33-37-46(38-34-42)70-65(73)51-27-13-17-40-18-14-28-52(56(40)51)66(70)74/h1-17,19-38,40,65,73H,18H2. The minimum atomic E-state index is -1.14. The number of nitrogens with zero attached hydrogens (tertiary/aromatic N) is 4. The van der Waals surface area contributed by atoms with Crippen molar-refractivity contribution in [3.05, 3.63) is 252 Å². The third kappa shape index (κ3) is 5.85. The first-order valence-electron chi connectivity index (χ1n) is 25.0. The maximum absolute atomic E-state index is 14.5. The molecule has 0 saturated carbocycles. The molecule has 0 radical (unpaired) electrons. The predicted octanol–water partition coefficient (Wildman–Crippen LogP) is 14.2. The Hall–Kier alpha value is -9.63. The Morgan fingerprint density at radius 3 is 1.54 bits per heavy atom. The van der Waals surface area contributed by atoms with E-state index < -0.39 is 6.23 Å². The molecule has 1 N–H and O–H groups in total. The molecule has 4 aliphatic rings. The van der Waals surface area contributed by atoms with Gasteiger partial charge in [0.05, 0.1) is 27.8 Å². The number of aromatic nitrogens is 2. The second kappa shape index (κ2) is 15.9. The molecule has 9 aromatic carbocycles. The third-order valence-corrected chi connectivity index (χ3v) is 15.6. The van der Waals surface area contributed by atoms with Crippen molar-refractivity contribution in [3.63, 3.8) is 0 Å². The van der Waals surface area contributed by atoms with E-state index >= 15 is 0 Å². The van der Waals surface area contributed by atoms with E-state index in [9.17, 15) is 19.5 Å². The number of amides is 3. The summed E-state index contributed by atoms with van der Waals surface area (Å²) in [6.45, 7) is 0. The molecule has 15 rings (SSSR count). The topological polar surface area (TPSA) is 87.8 Å². The van der Waals surface area contributed by atoms with Crippen LogP contribution in [0.1, 0.15) is 27.1 Å². The van der Waals surface area contributed by atoms with Crippen LogP contribution in [0.3, 0.4) is 0 Å². The van der Waals surface area contributed by atoms with Gasteiger partial charge in [-0.2, -0.15) is 0 Å². The van der Waals surface area contributed by atoms with Crippen molar-refractivity contribution in [3.8, 4) is 33.6 Å². The number of aliphatic hydroxyl groups excluding tert-OH is 1. The molecule has 74 heavy (non-hydrogen) atoms. The first-order chi connectivity index (χ1) is 36.4. The van der Waals surface area contributed by atoms with Crippen molar-refractivity contribution in [2.45, 2.75) is 12.6 Å². The first-order valence-corrected chi connectivity index (χ1v) is 25.0. The van der Waals surface area contributed by atoms with Crippen LogP contribution >= 0.6 is 0 Å². The summed E-state index contributed by atoms with van der Waals surface area (Å²) in [7, 11) is 0. The van der Waals surface area contributed by atoms with Crippen LogP contribution in [0, 0.1) is 5.92 Å². The number of aliphatic hydroxyl groups is 1. The minimum Gasteiger partial charge on any atom is -0.369 e. The Bertz CT molecular complexity index is 4350. The fraction of sp³-hybridized carbons (Fsp3) is 0.0455. The molecule has 0 fully saturated rings. The van der Waals surface area contributed by atoms with Gasteiger partial charge in [0.15, 0.2) is 6.23 Å².